The number of anilines is 1. The lowest BCUT2D eigenvalue weighted by molar-refractivity contribution is 1.13. The molecule has 0 bridgehead atoms. The van der Waals surface area contributed by atoms with Crippen LogP contribution < -0.4 is 4.90 Å². The maximum Gasteiger partial charge on any atom is 0.0434 e. The summed E-state index contributed by atoms with van der Waals surface area (Å²) in [4.78, 5) is 2.08. The van der Waals surface area contributed by atoms with Gasteiger partial charge in [0.25, 0.3) is 0 Å². The monoisotopic (exact) mass is 207 g/mol. The molecule has 0 aliphatic heterocycles. The fraction of sp³-hybridized carbons (Fsp3) is 0.429. The van der Waals surface area contributed by atoms with Crippen molar-refractivity contribution < 1.29 is 0 Å². The van der Waals surface area contributed by atoms with Crippen LogP contribution in [0.3, 0.4) is 0 Å². The van der Waals surface area contributed by atoms with Crippen LogP contribution in [0.2, 0.25) is 0 Å². The highest BCUT2D eigenvalue weighted by Crippen LogP contribution is 2.18. The quantitative estimate of drug-likeness (QED) is 0.692. The van der Waals surface area contributed by atoms with E-state index in [9.17, 15) is 0 Å². The van der Waals surface area contributed by atoms with Gasteiger partial charge < -0.3 is 4.90 Å². The minimum absolute atomic E-state index is 1.18. The lowest BCUT2D eigenvalue weighted by atomic mass is 10.1. The van der Waals surface area contributed by atoms with Crippen LogP contribution in [0.15, 0.2) is 30.8 Å². The summed E-state index contributed by atoms with van der Waals surface area (Å²) in [7, 11) is 4.06. The molecule has 1 heteroatoms. The third kappa shape index (κ3) is 5.95. The van der Waals surface area contributed by atoms with E-state index in [0.29, 0.717) is 0 Å². The predicted molar refractivity (Wildman–Crippen MR) is 73.6 cm³/mol. The smallest absolute Gasteiger partial charge is 0.0434 e. The van der Waals surface area contributed by atoms with Gasteiger partial charge in [-0.15, -0.1) is 0 Å². The lowest BCUT2D eigenvalue weighted by Gasteiger charge is -2.14. The number of hydrogen-bond donors (Lipinski definition) is 0. The van der Waals surface area contributed by atoms with Crippen molar-refractivity contribution >= 4 is 11.8 Å². The Balaban J connectivity index is 0. The van der Waals surface area contributed by atoms with Crippen LogP contribution in [0.5, 0.6) is 0 Å². The van der Waals surface area contributed by atoms with Gasteiger partial charge in [-0.05, 0) is 11.6 Å². The summed E-state index contributed by atoms with van der Waals surface area (Å²) in [6.45, 7) is 11.7. The van der Waals surface area contributed by atoms with E-state index < -0.39 is 0 Å². The molecule has 0 spiro atoms. The molecule has 0 unspecified atom stereocenters. The van der Waals surface area contributed by atoms with Crippen molar-refractivity contribution in [2.45, 2.75) is 27.7 Å². The first-order chi connectivity index (χ1) is 7.25. The molecule has 0 aliphatic carbocycles. The normalized spacial score (nSPS) is 7.60. The molecule has 0 saturated carbocycles. The summed E-state index contributed by atoms with van der Waals surface area (Å²) in [5.74, 6) is 0. The van der Waals surface area contributed by atoms with Crippen LogP contribution in [0.4, 0.5) is 5.69 Å². The second-order valence-corrected chi connectivity index (χ2v) is 2.66. The molecule has 0 N–H and O–H groups in total. The molecule has 0 saturated heterocycles. The number of rotatable bonds is 2. The lowest BCUT2D eigenvalue weighted by Crippen LogP contribution is -2.09. The summed E-state index contributed by atoms with van der Waals surface area (Å²) in [6.07, 6.45) is 1.87. The van der Waals surface area contributed by atoms with E-state index in [2.05, 4.69) is 23.6 Å². The SMILES string of the molecule is C=Cc1ccccc1N(C)C.CC.CC. The molecular formula is C14H25N. The Morgan fingerprint density at radius 1 is 1.00 bits per heavy atom. The number of nitrogens with zero attached hydrogens (tertiary/aromatic N) is 1. The van der Waals surface area contributed by atoms with Crippen molar-refractivity contribution in [3.8, 4) is 0 Å². The van der Waals surface area contributed by atoms with E-state index in [-0.39, 0.29) is 0 Å². The second-order valence-electron chi connectivity index (χ2n) is 2.66. The van der Waals surface area contributed by atoms with Crippen molar-refractivity contribution in [3.05, 3.63) is 36.4 Å². The molecular weight excluding hydrogens is 182 g/mol. The first-order valence-electron chi connectivity index (χ1n) is 5.64. The molecule has 0 heterocycles. The Kier molecular flexibility index (Phi) is 11.7. The van der Waals surface area contributed by atoms with Gasteiger partial charge in [-0.3, -0.25) is 0 Å². The molecule has 0 atom stereocenters. The van der Waals surface area contributed by atoms with E-state index in [1.807, 2.05) is 60.0 Å². The van der Waals surface area contributed by atoms with E-state index >= 15 is 0 Å². The Hall–Kier alpha value is -1.24. The first kappa shape index (κ1) is 16.2. The summed E-state index contributed by atoms with van der Waals surface area (Å²) in [5, 5.41) is 0. The number of para-hydroxylation sites is 1. The molecule has 1 aromatic rings. The maximum absolute atomic E-state index is 3.75. The van der Waals surface area contributed by atoms with E-state index in [1.165, 1.54) is 11.3 Å². The van der Waals surface area contributed by atoms with Crippen LogP contribution in [0, 0.1) is 0 Å². The zero-order chi connectivity index (χ0) is 12.3. The molecule has 0 radical (unpaired) electrons. The van der Waals surface area contributed by atoms with Crippen LogP contribution in [0.25, 0.3) is 6.08 Å². The van der Waals surface area contributed by atoms with Crippen molar-refractivity contribution in [1.29, 1.82) is 0 Å². The molecule has 15 heavy (non-hydrogen) atoms. The zero-order valence-electron chi connectivity index (χ0n) is 11.0. The van der Waals surface area contributed by atoms with Crippen LogP contribution in [-0.2, 0) is 0 Å². The maximum atomic E-state index is 3.75. The number of benzene rings is 1. The fourth-order valence-electron chi connectivity index (χ4n) is 1.07. The van der Waals surface area contributed by atoms with Crippen molar-refractivity contribution in [2.75, 3.05) is 19.0 Å². The van der Waals surface area contributed by atoms with Gasteiger partial charge in [-0.25, -0.2) is 0 Å². The van der Waals surface area contributed by atoms with Gasteiger partial charge >= 0.3 is 0 Å². The highest BCUT2D eigenvalue weighted by molar-refractivity contribution is 5.66. The fourth-order valence-corrected chi connectivity index (χ4v) is 1.07. The van der Waals surface area contributed by atoms with Gasteiger partial charge in [-0.2, -0.15) is 0 Å². The van der Waals surface area contributed by atoms with Gasteiger partial charge in [0.05, 0.1) is 0 Å². The van der Waals surface area contributed by atoms with Gasteiger partial charge in [0.15, 0.2) is 0 Å². The van der Waals surface area contributed by atoms with Gasteiger partial charge in [-0.1, -0.05) is 58.5 Å². The van der Waals surface area contributed by atoms with Gasteiger partial charge in [0.2, 0.25) is 0 Å². The molecule has 1 aromatic carbocycles. The van der Waals surface area contributed by atoms with Crippen molar-refractivity contribution in [3.63, 3.8) is 0 Å². The Morgan fingerprint density at radius 3 is 1.80 bits per heavy atom. The average Bonchev–Trinajstić information content (AvgIpc) is 2.34. The first-order valence-corrected chi connectivity index (χ1v) is 5.64. The molecule has 1 rings (SSSR count). The van der Waals surface area contributed by atoms with Crippen LogP contribution in [0.1, 0.15) is 33.3 Å². The summed E-state index contributed by atoms with van der Waals surface area (Å²) in [6, 6.07) is 8.19. The van der Waals surface area contributed by atoms with Crippen LogP contribution >= 0.6 is 0 Å². The second kappa shape index (κ2) is 10.8. The third-order valence-corrected chi connectivity index (χ3v) is 1.64. The van der Waals surface area contributed by atoms with Crippen LogP contribution in [-0.4, -0.2) is 14.1 Å². The summed E-state index contributed by atoms with van der Waals surface area (Å²) >= 11 is 0. The van der Waals surface area contributed by atoms with Gasteiger partial charge in [0.1, 0.15) is 0 Å². The molecule has 0 aliphatic rings. The van der Waals surface area contributed by atoms with Crippen molar-refractivity contribution in [2.24, 2.45) is 0 Å². The number of hydrogen-bond acceptors (Lipinski definition) is 1. The van der Waals surface area contributed by atoms with E-state index in [0.717, 1.165) is 0 Å². The summed E-state index contributed by atoms with van der Waals surface area (Å²) < 4.78 is 0. The third-order valence-electron chi connectivity index (χ3n) is 1.64. The summed E-state index contributed by atoms with van der Waals surface area (Å²) in [5.41, 5.74) is 2.39. The molecule has 0 fully saturated rings. The minimum Gasteiger partial charge on any atom is -0.377 e. The highest BCUT2D eigenvalue weighted by Gasteiger charge is 1.97. The van der Waals surface area contributed by atoms with E-state index in [4.69, 9.17) is 0 Å². The van der Waals surface area contributed by atoms with Crippen molar-refractivity contribution in [1.82, 2.24) is 0 Å². The average molecular weight is 207 g/mol. The molecule has 1 nitrogen and oxygen atoms in total. The Morgan fingerprint density at radius 2 is 1.47 bits per heavy atom. The standard InChI is InChI=1S/C10H13N.2C2H6/c1-4-9-7-5-6-8-10(9)11(2)3;2*1-2/h4-8H,1H2,2-3H3;2*1-2H3. The zero-order valence-corrected chi connectivity index (χ0v) is 11.0. The topological polar surface area (TPSA) is 3.24 Å². The Bertz CT molecular complexity index is 251. The molecule has 86 valence electrons. The van der Waals surface area contributed by atoms with E-state index in [1.54, 1.807) is 0 Å². The largest absolute Gasteiger partial charge is 0.377 e. The highest BCUT2D eigenvalue weighted by atomic mass is 15.1. The predicted octanol–water partition coefficient (Wildman–Crippen LogP) is 4.45. The van der Waals surface area contributed by atoms with Gasteiger partial charge in [0, 0.05) is 19.8 Å². The molecule has 0 amide bonds. The minimum atomic E-state index is 1.18. The molecule has 0 aromatic heterocycles. The Labute approximate surface area is 95.4 Å².